The van der Waals surface area contributed by atoms with Gasteiger partial charge in [0.1, 0.15) is 0 Å². The average molecular weight is 291 g/mol. The summed E-state index contributed by atoms with van der Waals surface area (Å²) in [6.45, 7) is 12.5. The predicted octanol–water partition coefficient (Wildman–Crippen LogP) is 4.23. The highest BCUT2D eigenvalue weighted by molar-refractivity contribution is 5.69. The van der Waals surface area contributed by atoms with Crippen molar-refractivity contribution in [1.82, 2.24) is 0 Å². The Labute approximate surface area is 130 Å². The topological polar surface area (TPSA) is 50.7 Å². The minimum absolute atomic E-state index is 0.000845. The third-order valence-electron chi connectivity index (χ3n) is 4.46. The Bertz CT molecular complexity index is 361. The van der Waals surface area contributed by atoms with Gasteiger partial charge < -0.3 is 5.73 Å². The fourth-order valence-electron chi connectivity index (χ4n) is 3.12. The second kappa shape index (κ2) is 8.47. The maximum Gasteiger partial charge on any atom is 0.0496 e. The highest BCUT2D eigenvalue weighted by atomic mass is 14.8. The number of nitrogens with two attached hydrogens (primary N) is 1. The summed E-state index contributed by atoms with van der Waals surface area (Å²) in [6, 6.07) is 0.482. The molecule has 0 aromatic carbocycles. The lowest BCUT2D eigenvalue weighted by Crippen LogP contribution is -2.31. The molecule has 1 aliphatic carbocycles. The van der Waals surface area contributed by atoms with Crippen LogP contribution in [0.1, 0.15) is 59.8 Å². The maximum absolute atomic E-state index is 6.19. The third kappa shape index (κ3) is 7.03. The zero-order valence-corrected chi connectivity index (χ0v) is 14.3. The van der Waals surface area contributed by atoms with Crippen molar-refractivity contribution in [3.8, 4) is 0 Å². The van der Waals surface area contributed by atoms with Crippen LogP contribution < -0.4 is 5.73 Å². The van der Waals surface area contributed by atoms with Crippen molar-refractivity contribution in [2.24, 2.45) is 33.0 Å². The molecule has 1 atom stereocenters. The molecule has 1 saturated carbocycles. The van der Waals surface area contributed by atoms with Crippen molar-refractivity contribution in [2.45, 2.75) is 71.9 Å². The van der Waals surface area contributed by atoms with Crippen LogP contribution in [0, 0.1) is 17.3 Å². The van der Waals surface area contributed by atoms with Crippen molar-refractivity contribution in [3.05, 3.63) is 12.8 Å². The second-order valence-electron chi connectivity index (χ2n) is 7.43. The Hall–Kier alpha value is -0.960. The van der Waals surface area contributed by atoms with E-state index in [1.807, 2.05) is 12.4 Å². The van der Waals surface area contributed by atoms with Gasteiger partial charge in [-0.15, -0.1) is 0 Å². The molecule has 1 fully saturated rings. The van der Waals surface area contributed by atoms with Gasteiger partial charge in [-0.25, -0.2) is 0 Å². The van der Waals surface area contributed by atoms with Crippen molar-refractivity contribution in [2.75, 3.05) is 0 Å². The smallest absolute Gasteiger partial charge is 0.0496 e. The van der Waals surface area contributed by atoms with E-state index in [0.29, 0.717) is 6.04 Å². The molecule has 1 unspecified atom stereocenters. The van der Waals surface area contributed by atoms with Gasteiger partial charge in [-0.2, -0.15) is 0 Å². The van der Waals surface area contributed by atoms with E-state index in [4.69, 9.17) is 10.7 Å². The van der Waals surface area contributed by atoms with Gasteiger partial charge in [-0.1, -0.05) is 34.3 Å². The van der Waals surface area contributed by atoms with Crippen LogP contribution in [0.15, 0.2) is 22.8 Å². The molecule has 0 spiro atoms. The summed E-state index contributed by atoms with van der Waals surface area (Å²) in [7, 11) is 0. The molecule has 1 rings (SSSR count). The zero-order valence-electron chi connectivity index (χ0n) is 14.3. The molecule has 3 heteroatoms. The van der Waals surface area contributed by atoms with Gasteiger partial charge in [-0.3, -0.25) is 9.98 Å². The average Bonchev–Trinajstić information content (AvgIpc) is 2.43. The van der Waals surface area contributed by atoms with Gasteiger partial charge in [-0.05, 0) is 43.9 Å². The van der Waals surface area contributed by atoms with E-state index in [9.17, 15) is 0 Å². The Balaban J connectivity index is 2.39. The molecule has 2 N–H and O–H groups in total. The zero-order chi connectivity index (χ0) is 15.9. The van der Waals surface area contributed by atoms with E-state index >= 15 is 0 Å². The number of aliphatic imine (C=N–C) groups is 2. The van der Waals surface area contributed by atoms with Gasteiger partial charge in [0.15, 0.2) is 0 Å². The highest BCUT2D eigenvalue weighted by Crippen LogP contribution is 2.31. The third-order valence-corrected chi connectivity index (χ3v) is 4.46. The summed E-state index contributed by atoms with van der Waals surface area (Å²) in [5.74, 6) is 1.70. The standard InChI is InChI=1S/C18H33N3/c1-6-20-13-18(4,5)11-16(19)12-21-17-9-7-15(8-10-17)14(2)3/h6,12-17H,1,7-11,19H2,2-5H3/b20-13+,21-12+/t15-,16?,17+. The molecule has 3 nitrogen and oxygen atoms in total. The molecule has 21 heavy (non-hydrogen) atoms. The van der Waals surface area contributed by atoms with Gasteiger partial charge >= 0.3 is 0 Å². The summed E-state index contributed by atoms with van der Waals surface area (Å²) in [5.41, 5.74) is 6.17. The Morgan fingerprint density at radius 3 is 2.38 bits per heavy atom. The molecule has 0 saturated heterocycles. The normalized spacial score (nSPS) is 25.8. The molecule has 0 bridgehead atoms. The molecule has 1 aliphatic rings. The fraction of sp³-hybridized carbons (Fsp3) is 0.778. The molecule has 0 aromatic heterocycles. The monoisotopic (exact) mass is 291 g/mol. The van der Waals surface area contributed by atoms with Crippen LogP contribution in [0.25, 0.3) is 0 Å². The fourth-order valence-corrected chi connectivity index (χ4v) is 3.12. The molecular weight excluding hydrogens is 258 g/mol. The first-order valence-corrected chi connectivity index (χ1v) is 8.28. The van der Waals surface area contributed by atoms with Crippen LogP contribution in [0.3, 0.4) is 0 Å². The van der Waals surface area contributed by atoms with Gasteiger partial charge in [0.2, 0.25) is 0 Å². The lowest BCUT2D eigenvalue weighted by atomic mass is 9.80. The predicted molar refractivity (Wildman–Crippen MR) is 94.1 cm³/mol. The van der Waals surface area contributed by atoms with Crippen molar-refractivity contribution in [1.29, 1.82) is 0 Å². The van der Waals surface area contributed by atoms with E-state index < -0.39 is 0 Å². The maximum atomic E-state index is 6.19. The first kappa shape index (κ1) is 18.1. The molecule has 0 aromatic rings. The van der Waals surface area contributed by atoms with Crippen LogP contribution in [0.2, 0.25) is 0 Å². The first-order valence-electron chi connectivity index (χ1n) is 8.28. The molecule has 0 radical (unpaired) electrons. The van der Waals surface area contributed by atoms with Crippen LogP contribution in [-0.4, -0.2) is 24.5 Å². The summed E-state index contributed by atoms with van der Waals surface area (Å²) in [4.78, 5) is 8.84. The largest absolute Gasteiger partial charge is 0.323 e. The summed E-state index contributed by atoms with van der Waals surface area (Å²) in [6.07, 6.45) is 11.4. The number of hydrogen-bond acceptors (Lipinski definition) is 3. The lowest BCUT2D eigenvalue weighted by Gasteiger charge is -2.29. The Morgan fingerprint density at radius 2 is 1.86 bits per heavy atom. The van der Waals surface area contributed by atoms with E-state index in [1.54, 1.807) is 6.20 Å². The summed E-state index contributed by atoms with van der Waals surface area (Å²) < 4.78 is 0. The van der Waals surface area contributed by atoms with Crippen LogP contribution in [0.5, 0.6) is 0 Å². The molecule has 120 valence electrons. The Morgan fingerprint density at radius 1 is 1.24 bits per heavy atom. The highest BCUT2D eigenvalue weighted by Gasteiger charge is 2.23. The van der Waals surface area contributed by atoms with Gasteiger partial charge in [0.05, 0.1) is 0 Å². The number of hydrogen-bond donors (Lipinski definition) is 1. The van der Waals surface area contributed by atoms with Crippen LogP contribution in [-0.2, 0) is 0 Å². The molecule has 0 amide bonds. The van der Waals surface area contributed by atoms with Crippen LogP contribution >= 0.6 is 0 Å². The SMILES string of the molecule is C=C/N=C/C(C)(C)CC(N)/C=N/[C@H]1CC[C@@H](C(C)C)CC1. The molecule has 0 aliphatic heterocycles. The lowest BCUT2D eigenvalue weighted by molar-refractivity contribution is 0.260. The number of rotatable bonds is 7. The van der Waals surface area contributed by atoms with E-state index in [2.05, 4.69) is 39.3 Å². The minimum atomic E-state index is -0.0189. The molecule has 0 heterocycles. The van der Waals surface area contributed by atoms with Gasteiger partial charge in [0.25, 0.3) is 0 Å². The second-order valence-corrected chi connectivity index (χ2v) is 7.43. The van der Waals surface area contributed by atoms with E-state index in [1.165, 1.54) is 25.7 Å². The van der Waals surface area contributed by atoms with Crippen LogP contribution in [0.4, 0.5) is 0 Å². The quantitative estimate of drug-likeness (QED) is 0.701. The Kier molecular flexibility index (Phi) is 7.30. The van der Waals surface area contributed by atoms with Crippen molar-refractivity contribution < 1.29 is 0 Å². The summed E-state index contributed by atoms with van der Waals surface area (Å²) >= 11 is 0. The van der Waals surface area contributed by atoms with E-state index in [-0.39, 0.29) is 11.5 Å². The number of nitrogens with zero attached hydrogens (tertiary/aromatic N) is 2. The van der Waals surface area contributed by atoms with Crippen molar-refractivity contribution >= 4 is 12.4 Å². The van der Waals surface area contributed by atoms with Gasteiger partial charge in [0, 0.05) is 36.1 Å². The molecular formula is C18H33N3. The van der Waals surface area contributed by atoms with Crippen molar-refractivity contribution in [3.63, 3.8) is 0 Å². The summed E-state index contributed by atoms with van der Waals surface area (Å²) in [5, 5.41) is 0. The van der Waals surface area contributed by atoms with E-state index in [0.717, 1.165) is 18.3 Å². The first-order chi connectivity index (χ1) is 9.84. The minimum Gasteiger partial charge on any atom is -0.323 e.